The summed E-state index contributed by atoms with van der Waals surface area (Å²) in [7, 11) is 0. The van der Waals surface area contributed by atoms with Crippen molar-refractivity contribution in [2.24, 2.45) is 11.0 Å². The van der Waals surface area contributed by atoms with Gasteiger partial charge in [0.2, 0.25) is 11.8 Å². The van der Waals surface area contributed by atoms with Crippen LogP contribution in [0.1, 0.15) is 28.5 Å². The third kappa shape index (κ3) is 5.83. The molecule has 12 nitrogen and oxygen atoms in total. The molecule has 4 aromatic rings. The smallest absolute Gasteiger partial charge is 0.329 e. The Morgan fingerprint density at radius 1 is 1.02 bits per heavy atom. The summed E-state index contributed by atoms with van der Waals surface area (Å²) in [5.41, 5.74) is 7.60. The minimum absolute atomic E-state index is 0.185. The van der Waals surface area contributed by atoms with Gasteiger partial charge in [-0.05, 0) is 35.9 Å². The van der Waals surface area contributed by atoms with Crippen LogP contribution in [0.3, 0.4) is 0 Å². The molecule has 0 spiro atoms. The third-order valence-corrected chi connectivity index (χ3v) is 8.07. The number of amidine groups is 1. The lowest BCUT2D eigenvalue weighted by Gasteiger charge is -2.39. The van der Waals surface area contributed by atoms with Crippen LogP contribution in [0.2, 0.25) is 0 Å². The molecule has 3 N–H and O–H groups in total. The minimum atomic E-state index is -2.97. The lowest BCUT2D eigenvalue weighted by atomic mass is 10.0. The molecule has 0 bridgehead atoms. The number of nitrogens with zero attached hydrogens (tertiary/aromatic N) is 6. The van der Waals surface area contributed by atoms with Crippen LogP contribution in [0.25, 0.3) is 22.6 Å². The summed E-state index contributed by atoms with van der Waals surface area (Å²) in [5.74, 6) is -4.80. The predicted molar refractivity (Wildman–Crippen MR) is 157 cm³/mol. The molecule has 0 unspecified atom stereocenters. The van der Waals surface area contributed by atoms with E-state index in [0.29, 0.717) is 59.5 Å². The molecular weight excluding hydrogens is 610 g/mol. The fourth-order valence-electron chi connectivity index (χ4n) is 5.55. The first-order chi connectivity index (χ1) is 22.2. The maximum Gasteiger partial charge on any atom is 0.329 e. The molecule has 16 heteroatoms. The second-order valence-corrected chi connectivity index (χ2v) is 11.1. The highest BCUT2D eigenvalue weighted by molar-refractivity contribution is 5.97. The van der Waals surface area contributed by atoms with Crippen LogP contribution in [-0.2, 0) is 4.79 Å². The molecule has 46 heavy (non-hydrogen) atoms. The lowest BCUT2D eigenvalue weighted by molar-refractivity contribution is -0.119. The number of carbonyl (C=O) groups excluding carboxylic acids is 2. The van der Waals surface area contributed by atoms with E-state index in [1.807, 2.05) is 30.3 Å². The van der Waals surface area contributed by atoms with E-state index in [-0.39, 0.29) is 17.5 Å². The number of carbonyl (C=O) groups is 2. The van der Waals surface area contributed by atoms with Crippen LogP contribution >= 0.6 is 0 Å². The second kappa shape index (κ2) is 11.7. The molecule has 2 atom stereocenters. The van der Waals surface area contributed by atoms with Gasteiger partial charge < -0.3 is 14.6 Å². The van der Waals surface area contributed by atoms with Gasteiger partial charge in [-0.2, -0.15) is 8.78 Å². The number of hydrogen-bond acceptors (Lipinski definition) is 10. The van der Waals surface area contributed by atoms with E-state index in [0.717, 1.165) is 5.56 Å². The van der Waals surface area contributed by atoms with Gasteiger partial charge in [-0.15, -0.1) is 5.10 Å². The maximum atomic E-state index is 13.5. The van der Waals surface area contributed by atoms with Crippen molar-refractivity contribution in [3.8, 4) is 11.5 Å². The van der Waals surface area contributed by atoms with E-state index in [9.17, 15) is 27.2 Å². The van der Waals surface area contributed by atoms with Gasteiger partial charge in [-0.3, -0.25) is 24.9 Å². The number of benzene rings is 2. The summed E-state index contributed by atoms with van der Waals surface area (Å²) < 4.78 is 58.8. The Kier molecular flexibility index (Phi) is 7.52. The lowest BCUT2D eigenvalue weighted by Crippen LogP contribution is -2.53. The zero-order valence-electron chi connectivity index (χ0n) is 24.0. The molecule has 7 rings (SSSR count). The second-order valence-electron chi connectivity index (χ2n) is 11.1. The minimum Gasteiger partial charge on any atom is -0.436 e. The zero-order chi connectivity index (χ0) is 32.0. The van der Waals surface area contributed by atoms with Crippen LogP contribution in [0.4, 0.5) is 23.2 Å². The van der Waals surface area contributed by atoms with E-state index >= 15 is 0 Å². The Balaban J connectivity index is 1.03. The largest absolute Gasteiger partial charge is 0.436 e. The average Bonchev–Trinajstić information content (AvgIpc) is 3.39. The molecule has 4 heterocycles. The first kappa shape index (κ1) is 29.6. The number of anilines is 1. The topological polar surface area (TPSA) is 131 Å². The summed E-state index contributed by atoms with van der Waals surface area (Å²) >= 11 is 0. The molecule has 1 aliphatic carbocycles. The third-order valence-electron chi connectivity index (χ3n) is 8.07. The summed E-state index contributed by atoms with van der Waals surface area (Å²) in [5, 5.41) is 7.10. The van der Waals surface area contributed by atoms with Crippen molar-refractivity contribution in [3.05, 3.63) is 78.1 Å². The van der Waals surface area contributed by atoms with Crippen LogP contribution in [-0.4, -0.2) is 81.2 Å². The number of fused-ring (bicyclic) bond motifs is 1. The van der Waals surface area contributed by atoms with Gasteiger partial charge >= 0.3 is 6.55 Å². The monoisotopic (exact) mass is 637 g/mol. The van der Waals surface area contributed by atoms with Crippen molar-refractivity contribution in [1.29, 1.82) is 0 Å². The molecule has 1 saturated carbocycles. The highest BCUT2D eigenvalue weighted by Crippen LogP contribution is 2.49. The molecule has 238 valence electrons. The fraction of sp³-hybridized carbons (Fsp3) is 0.300. The summed E-state index contributed by atoms with van der Waals surface area (Å²) in [6.45, 7) is -1.19. The fourth-order valence-corrected chi connectivity index (χ4v) is 5.55. The number of piperazine rings is 1. The Morgan fingerprint density at radius 2 is 1.78 bits per heavy atom. The Labute approximate surface area is 259 Å². The van der Waals surface area contributed by atoms with Crippen LogP contribution in [0, 0.1) is 5.92 Å². The normalized spacial score (nSPS) is 20.2. The van der Waals surface area contributed by atoms with Crippen molar-refractivity contribution in [3.63, 3.8) is 0 Å². The molecule has 2 aliphatic heterocycles. The number of halogens is 4. The molecule has 2 fully saturated rings. The highest BCUT2D eigenvalue weighted by Gasteiger charge is 2.61. The van der Waals surface area contributed by atoms with Crippen molar-refractivity contribution in [1.82, 2.24) is 35.8 Å². The van der Waals surface area contributed by atoms with Gasteiger partial charge in [0.15, 0.2) is 11.4 Å². The van der Waals surface area contributed by atoms with Gasteiger partial charge in [-0.1, -0.05) is 35.4 Å². The number of hydrogen-bond donors (Lipinski definition) is 3. The number of hydrazone groups is 1. The van der Waals surface area contributed by atoms with Gasteiger partial charge in [0, 0.05) is 50.0 Å². The standard InChI is InChI=1S/C30H27F4N9O3/c31-29(32)43-39-25(38-40-43)24(17-4-2-1-3-5-17)41-10-12-42(13-11-41)28(45)22-14-18(8-9-35-22)27-37-21-15-19(6-7-23(21)46-27)36-26(44)20-16-30(20,33)34/h1-9,14-15,20,24,29,40H,10-13,16H2,(H,36,44)(H,38,39)/t20-,24-/m0/s1. The van der Waals surface area contributed by atoms with Gasteiger partial charge in [0.25, 0.3) is 11.8 Å². The summed E-state index contributed by atoms with van der Waals surface area (Å²) in [6, 6.07) is 16.8. The zero-order valence-corrected chi connectivity index (χ0v) is 24.0. The van der Waals surface area contributed by atoms with E-state index in [1.165, 1.54) is 12.3 Å². The Morgan fingerprint density at radius 3 is 2.48 bits per heavy atom. The van der Waals surface area contributed by atoms with Crippen molar-refractivity contribution in [2.75, 3.05) is 31.5 Å². The van der Waals surface area contributed by atoms with E-state index in [2.05, 4.69) is 36.2 Å². The first-order valence-corrected chi connectivity index (χ1v) is 14.5. The number of oxazole rings is 1. The van der Waals surface area contributed by atoms with Crippen LogP contribution in [0.5, 0.6) is 0 Å². The molecule has 3 aliphatic rings. The Bertz CT molecular complexity index is 1810. The van der Waals surface area contributed by atoms with E-state index in [1.54, 1.807) is 29.2 Å². The van der Waals surface area contributed by atoms with Crippen LogP contribution < -0.4 is 16.3 Å². The predicted octanol–water partition coefficient (Wildman–Crippen LogP) is 3.84. The quantitative estimate of drug-likeness (QED) is 0.195. The van der Waals surface area contributed by atoms with Crippen LogP contribution in [0.15, 0.2) is 76.4 Å². The number of alkyl halides is 4. The molecule has 1 saturated heterocycles. The summed E-state index contributed by atoms with van der Waals surface area (Å²) in [4.78, 5) is 38.0. The molecule has 2 aromatic carbocycles. The van der Waals surface area contributed by atoms with Gasteiger partial charge in [0.05, 0.1) is 6.04 Å². The molecular formula is C30H27F4N9O3. The number of hydrazine groups is 2. The van der Waals surface area contributed by atoms with Gasteiger partial charge in [0.1, 0.15) is 17.1 Å². The first-order valence-electron chi connectivity index (χ1n) is 14.5. The number of pyridine rings is 1. The van der Waals surface area contributed by atoms with Gasteiger partial charge in [-0.25, -0.2) is 19.3 Å². The number of amides is 2. The molecule has 2 amide bonds. The Hall–Kier alpha value is -5.09. The molecule has 2 aromatic heterocycles. The number of nitrogens with one attached hydrogen (secondary N) is 3. The van der Waals surface area contributed by atoms with E-state index in [4.69, 9.17) is 4.42 Å². The van der Waals surface area contributed by atoms with E-state index < -0.39 is 36.8 Å². The maximum absolute atomic E-state index is 13.5. The number of rotatable bonds is 8. The average molecular weight is 638 g/mol. The highest BCUT2D eigenvalue weighted by atomic mass is 19.3. The van der Waals surface area contributed by atoms with Crippen molar-refractivity contribution in [2.45, 2.75) is 24.9 Å². The SMILES string of the molecule is O=C(Nc1ccc2oc(-c3ccnc(C(=O)N4CCN([C@H](C5=NNN(C(F)F)N5)c5ccccc5)CC4)c3)nc2c1)[C@@H]1CC1(F)F. The van der Waals surface area contributed by atoms with Crippen molar-refractivity contribution >= 4 is 34.4 Å². The molecule has 0 radical (unpaired) electrons. The summed E-state index contributed by atoms with van der Waals surface area (Å²) in [6.07, 6.45) is 1.02. The van der Waals surface area contributed by atoms with Crippen molar-refractivity contribution < 1.29 is 31.6 Å². The number of aromatic nitrogens is 2.